The lowest BCUT2D eigenvalue weighted by atomic mass is 10.3. The highest BCUT2D eigenvalue weighted by atomic mass is 79.9. The van der Waals surface area contributed by atoms with Gasteiger partial charge in [-0.1, -0.05) is 35.9 Å². The molecule has 1 unspecified atom stereocenters. The maximum Gasteiger partial charge on any atom is 0.0826 e. The summed E-state index contributed by atoms with van der Waals surface area (Å²) in [4.78, 5) is 0.313. The second-order valence-corrected chi connectivity index (χ2v) is 4.06. The van der Waals surface area contributed by atoms with Crippen LogP contribution in [0, 0.1) is 0 Å². The summed E-state index contributed by atoms with van der Waals surface area (Å²) < 4.78 is 0. The van der Waals surface area contributed by atoms with E-state index in [0.29, 0.717) is 10.8 Å². The van der Waals surface area contributed by atoms with E-state index in [4.69, 9.17) is 11.6 Å². The molecule has 0 fully saturated rings. The molecule has 0 rings (SSSR count). The molecule has 0 saturated heterocycles. The molecular weight excluding hydrogens is 237 g/mol. The monoisotopic (exact) mass is 253 g/mol. The van der Waals surface area contributed by atoms with Crippen LogP contribution in [0.25, 0.3) is 0 Å². The normalized spacial score (nSPS) is 14.5. The Kier molecular flexibility index (Phi) is 8.14. The van der Waals surface area contributed by atoms with Crippen LogP contribution in [0.15, 0.2) is 11.8 Å². The molecule has 0 aromatic rings. The molecule has 0 bridgehead atoms. The maximum absolute atomic E-state index is 5.61. The molecule has 0 aromatic carbocycles. The van der Waals surface area contributed by atoms with Crippen molar-refractivity contribution < 1.29 is 0 Å². The maximum atomic E-state index is 5.61. The average molecular weight is 255 g/mol. The van der Waals surface area contributed by atoms with E-state index in [1.807, 2.05) is 0 Å². The SMILES string of the molecule is CC/C=C(\CC)NC(Br)CCCl. The zero-order chi connectivity index (χ0) is 9.40. The zero-order valence-electron chi connectivity index (χ0n) is 7.74. The van der Waals surface area contributed by atoms with Crippen molar-refractivity contribution in [2.45, 2.75) is 38.1 Å². The smallest absolute Gasteiger partial charge is 0.0826 e. The largest absolute Gasteiger partial charge is 0.376 e. The Labute approximate surface area is 88.7 Å². The van der Waals surface area contributed by atoms with Crippen LogP contribution < -0.4 is 5.32 Å². The number of alkyl halides is 2. The second kappa shape index (κ2) is 7.93. The van der Waals surface area contributed by atoms with E-state index in [1.165, 1.54) is 5.70 Å². The third-order valence-electron chi connectivity index (χ3n) is 1.54. The minimum Gasteiger partial charge on any atom is -0.376 e. The first-order valence-electron chi connectivity index (χ1n) is 4.40. The Hall–Kier alpha value is 0.310. The average Bonchev–Trinajstić information content (AvgIpc) is 2.04. The van der Waals surface area contributed by atoms with Crippen molar-refractivity contribution in [1.29, 1.82) is 0 Å². The predicted octanol–water partition coefficient (Wildman–Crippen LogP) is 3.63. The van der Waals surface area contributed by atoms with E-state index in [-0.39, 0.29) is 0 Å². The van der Waals surface area contributed by atoms with Gasteiger partial charge in [0.1, 0.15) is 0 Å². The highest BCUT2D eigenvalue weighted by Gasteiger charge is 2.02. The Morgan fingerprint density at radius 3 is 2.67 bits per heavy atom. The van der Waals surface area contributed by atoms with Crippen molar-refractivity contribution in [1.82, 2.24) is 5.32 Å². The topological polar surface area (TPSA) is 12.0 Å². The number of hydrogen-bond donors (Lipinski definition) is 1. The van der Waals surface area contributed by atoms with Crippen LogP contribution in [0.5, 0.6) is 0 Å². The van der Waals surface area contributed by atoms with Crippen molar-refractivity contribution in [3.8, 4) is 0 Å². The highest BCUT2D eigenvalue weighted by molar-refractivity contribution is 9.09. The van der Waals surface area contributed by atoms with Gasteiger partial charge in [-0.05, 0) is 19.3 Å². The van der Waals surface area contributed by atoms with Crippen LogP contribution >= 0.6 is 27.5 Å². The van der Waals surface area contributed by atoms with Gasteiger partial charge in [-0.25, -0.2) is 0 Å². The molecule has 12 heavy (non-hydrogen) atoms. The molecule has 0 heterocycles. The van der Waals surface area contributed by atoms with E-state index in [1.54, 1.807) is 0 Å². The van der Waals surface area contributed by atoms with Crippen LogP contribution in [-0.4, -0.2) is 10.8 Å². The van der Waals surface area contributed by atoms with Crippen molar-refractivity contribution >= 4 is 27.5 Å². The third kappa shape index (κ3) is 5.90. The fourth-order valence-corrected chi connectivity index (χ4v) is 1.93. The van der Waals surface area contributed by atoms with E-state index >= 15 is 0 Å². The summed E-state index contributed by atoms with van der Waals surface area (Å²) in [6.45, 7) is 4.29. The van der Waals surface area contributed by atoms with Crippen LogP contribution in [-0.2, 0) is 0 Å². The van der Waals surface area contributed by atoms with E-state index in [9.17, 15) is 0 Å². The number of rotatable bonds is 6. The highest BCUT2D eigenvalue weighted by Crippen LogP contribution is 2.07. The number of hydrogen-bond acceptors (Lipinski definition) is 1. The zero-order valence-corrected chi connectivity index (χ0v) is 10.1. The molecule has 1 N–H and O–H groups in total. The molecule has 0 aliphatic heterocycles. The summed E-state index contributed by atoms with van der Waals surface area (Å²) >= 11 is 9.12. The summed E-state index contributed by atoms with van der Waals surface area (Å²) in [5.74, 6) is 0.687. The molecule has 1 atom stereocenters. The van der Waals surface area contributed by atoms with Crippen LogP contribution in [0.1, 0.15) is 33.1 Å². The summed E-state index contributed by atoms with van der Waals surface area (Å²) in [7, 11) is 0. The first-order valence-corrected chi connectivity index (χ1v) is 5.85. The van der Waals surface area contributed by atoms with Gasteiger partial charge in [-0.2, -0.15) is 0 Å². The van der Waals surface area contributed by atoms with Crippen LogP contribution in [0.2, 0.25) is 0 Å². The van der Waals surface area contributed by atoms with Crippen LogP contribution in [0.4, 0.5) is 0 Å². The minimum atomic E-state index is 0.313. The minimum absolute atomic E-state index is 0.313. The lowest BCUT2D eigenvalue weighted by Crippen LogP contribution is -2.22. The molecule has 72 valence electrons. The van der Waals surface area contributed by atoms with Crippen LogP contribution in [0.3, 0.4) is 0 Å². The van der Waals surface area contributed by atoms with Gasteiger partial charge in [-0.15, -0.1) is 11.6 Å². The van der Waals surface area contributed by atoms with Gasteiger partial charge in [0.2, 0.25) is 0 Å². The second-order valence-electron chi connectivity index (χ2n) is 2.58. The fraction of sp³-hybridized carbons (Fsp3) is 0.778. The number of allylic oxidation sites excluding steroid dienone is 2. The van der Waals surface area contributed by atoms with Crippen molar-refractivity contribution in [3.63, 3.8) is 0 Å². The molecule has 0 radical (unpaired) electrons. The third-order valence-corrected chi connectivity index (χ3v) is 2.44. The molecule has 0 amide bonds. The fourth-order valence-electron chi connectivity index (χ4n) is 0.921. The molecule has 0 spiro atoms. The molecular formula is C9H17BrClN. The van der Waals surface area contributed by atoms with Gasteiger partial charge in [0.15, 0.2) is 0 Å². The Morgan fingerprint density at radius 1 is 1.58 bits per heavy atom. The van der Waals surface area contributed by atoms with Gasteiger partial charge in [0.25, 0.3) is 0 Å². The summed E-state index contributed by atoms with van der Waals surface area (Å²) in [5.41, 5.74) is 1.30. The van der Waals surface area contributed by atoms with Gasteiger partial charge in [-0.3, -0.25) is 0 Å². The molecule has 1 nitrogen and oxygen atoms in total. The first kappa shape index (κ1) is 12.3. The van der Waals surface area contributed by atoms with Gasteiger partial charge >= 0.3 is 0 Å². The number of nitrogens with one attached hydrogen (secondary N) is 1. The quantitative estimate of drug-likeness (QED) is 0.564. The molecule has 3 heteroatoms. The van der Waals surface area contributed by atoms with E-state index in [2.05, 4.69) is 41.2 Å². The molecule has 0 aromatic heterocycles. The first-order chi connectivity index (χ1) is 5.74. The molecule has 0 aliphatic carbocycles. The molecule has 0 aliphatic rings. The summed E-state index contributed by atoms with van der Waals surface area (Å²) in [6, 6.07) is 0. The van der Waals surface area contributed by atoms with Crippen molar-refractivity contribution in [3.05, 3.63) is 11.8 Å². The lowest BCUT2D eigenvalue weighted by molar-refractivity contribution is 0.705. The van der Waals surface area contributed by atoms with Crippen molar-refractivity contribution in [2.24, 2.45) is 0 Å². The van der Waals surface area contributed by atoms with Gasteiger partial charge in [0.05, 0.1) is 4.95 Å². The summed E-state index contributed by atoms with van der Waals surface area (Å²) in [5, 5.41) is 3.36. The van der Waals surface area contributed by atoms with E-state index < -0.39 is 0 Å². The lowest BCUT2D eigenvalue weighted by Gasteiger charge is -2.14. The standard InChI is InChI=1S/C9H17BrClN/c1-3-5-8(4-2)12-9(10)6-7-11/h5,9,12H,3-4,6-7H2,1-2H3/b8-5+. The van der Waals surface area contributed by atoms with Crippen molar-refractivity contribution in [2.75, 3.05) is 5.88 Å². The Bertz CT molecular complexity index is 136. The Morgan fingerprint density at radius 2 is 2.25 bits per heavy atom. The van der Waals surface area contributed by atoms with E-state index in [0.717, 1.165) is 19.3 Å². The predicted molar refractivity (Wildman–Crippen MR) is 59.9 cm³/mol. The van der Waals surface area contributed by atoms with Gasteiger partial charge in [0, 0.05) is 11.6 Å². The Balaban J connectivity index is 3.77. The molecule has 0 saturated carbocycles. The summed E-state index contributed by atoms with van der Waals surface area (Å²) in [6.07, 6.45) is 5.29. The number of halogens is 2. The van der Waals surface area contributed by atoms with Gasteiger partial charge < -0.3 is 5.32 Å².